The molecule has 1 amide bonds. The number of fused-ring (bicyclic) bond motifs is 3. The standard InChI is InChI=1S/C36H51ClN4O5S/c1-25-6-5-14-36(43,24-40-18-15-38-16-19-40)32-12-9-29(32)22-41-17-4-3-7-27-20-31(37)11-8-30(27)23-46-34-13-10-28(21-33(34)41)35(42)39-47(44,45)26(25)2/h8,10-11,13,20-21,25-26,29,32,38,43H,3-7,9,12,14-19,22-24H2,1-2H3,(H,39,42)/t25-,26+,29-,32+,36-/m0/s1. The van der Waals surface area contributed by atoms with E-state index in [1.54, 1.807) is 25.1 Å². The second-order valence-corrected chi connectivity index (χ2v) is 16.9. The summed E-state index contributed by atoms with van der Waals surface area (Å²) in [4.78, 5) is 18.2. The van der Waals surface area contributed by atoms with Crippen molar-refractivity contribution >= 4 is 33.2 Å². The smallest absolute Gasteiger partial charge is 0.264 e. The number of nitrogens with one attached hydrogen (secondary N) is 2. The molecule has 2 fully saturated rings. The van der Waals surface area contributed by atoms with Crippen molar-refractivity contribution in [2.24, 2.45) is 17.8 Å². The van der Waals surface area contributed by atoms with E-state index in [-0.39, 0.29) is 17.4 Å². The fourth-order valence-corrected chi connectivity index (χ4v) is 9.55. The molecule has 2 bridgehead atoms. The van der Waals surface area contributed by atoms with Crippen LogP contribution in [0.25, 0.3) is 0 Å². The molecule has 6 rings (SSSR count). The van der Waals surface area contributed by atoms with Crippen LogP contribution >= 0.6 is 11.6 Å². The highest BCUT2D eigenvalue weighted by atomic mass is 35.5. The minimum atomic E-state index is -3.93. The zero-order valence-electron chi connectivity index (χ0n) is 27.8. The number of aryl methyl sites for hydroxylation is 1. The lowest BCUT2D eigenvalue weighted by atomic mass is 9.62. The number of nitrogens with zero attached hydrogens (tertiary/aromatic N) is 2. The van der Waals surface area contributed by atoms with Crippen LogP contribution in [-0.2, 0) is 23.1 Å². The van der Waals surface area contributed by atoms with Crippen molar-refractivity contribution in [3.63, 3.8) is 0 Å². The number of β-amino-alcohol motifs (C(OH)–C–C–N with tert-alkyl or cyclic N) is 1. The molecule has 0 spiro atoms. The van der Waals surface area contributed by atoms with Crippen LogP contribution in [0.5, 0.6) is 5.75 Å². The Morgan fingerprint density at radius 3 is 2.57 bits per heavy atom. The van der Waals surface area contributed by atoms with E-state index in [1.165, 1.54) is 5.56 Å². The Balaban J connectivity index is 1.37. The van der Waals surface area contributed by atoms with E-state index in [0.29, 0.717) is 42.7 Å². The molecule has 1 saturated carbocycles. The maximum atomic E-state index is 13.5. The second kappa shape index (κ2) is 14.6. The van der Waals surface area contributed by atoms with E-state index >= 15 is 0 Å². The lowest BCUT2D eigenvalue weighted by Crippen LogP contribution is -2.58. The average Bonchev–Trinajstić information content (AvgIpc) is 3.05. The van der Waals surface area contributed by atoms with Crippen molar-refractivity contribution in [3.05, 3.63) is 58.1 Å². The predicted molar refractivity (Wildman–Crippen MR) is 187 cm³/mol. The zero-order valence-corrected chi connectivity index (χ0v) is 29.4. The summed E-state index contributed by atoms with van der Waals surface area (Å²) >= 11 is 6.36. The quantitative estimate of drug-likeness (QED) is 0.406. The first kappa shape index (κ1) is 34.5. The Hall–Kier alpha value is -2.37. The van der Waals surface area contributed by atoms with Gasteiger partial charge in [-0.05, 0) is 111 Å². The molecule has 3 heterocycles. The number of amides is 1. The van der Waals surface area contributed by atoms with Crippen molar-refractivity contribution in [2.45, 2.75) is 82.7 Å². The van der Waals surface area contributed by atoms with Gasteiger partial charge >= 0.3 is 0 Å². The van der Waals surface area contributed by atoms with Gasteiger partial charge in [0, 0.05) is 56.4 Å². The van der Waals surface area contributed by atoms with Gasteiger partial charge in [-0.3, -0.25) is 9.69 Å². The number of halogens is 1. The largest absolute Gasteiger partial charge is 0.487 e. The van der Waals surface area contributed by atoms with E-state index in [1.807, 2.05) is 25.1 Å². The summed E-state index contributed by atoms with van der Waals surface area (Å²) in [6, 6.07) is 11.2. The van der Waals surface area contributed by atoms with Crippen molar-refractivity contribution in [1.82, 2.24) is 14.9 Å². The number of carbonyl (C=O) groups excluding carboxylic acids is 1. The van der Waals surface area contributed by atoms with E-state index in [2.05, 4.69) is 19.8 Å². The zero-order chi connectivity index (χ0) is 33.2. The molecule has 0 unspecified atom stereocenters. The third kappa shape index (κ3) is 7.93. The van der Waals surface area contributed by atoms with Crippen LogP contribution < -0.4 is 19.7 Å². The summed E-state index contributed by atoms with van der Waals surface area (Å²) in [6.45, 7) is 9.77. The maximum absolute atomic E-state index is 13.5. The number of carbonyl (C=O) groups is 1. The van der Waals surface area contributed by atoms with Crippen molar-refractivity contribution in [1.29, 1.82) is 0 Å². The normalized spacial score (nSPS) is 30.8. The third-order valence-electron chi connectivity index (χ3n) is 11.3. The van der Waals surface area contributed by atoms with Gasteiger partial charge in [-0.15, -0.1) is 0 Å². The average molecular weight is 687 g/mol. The predicted octanol–water partition coefficient (Wildman–Crippen LogP) is 4.99. The molecule has 47 heavy (non-hydrogen) atoms. The first-order valence-electron chi connectivity index (χ1n) is 17.5. The first-order chi connectivity index (χ1) is 22.5. The molecule has 1 saturated heterocycles. The SMILES string of the molecule is C[C@@H]1[C@@H](C)CCC[C@](O)(CN2CCNCC2)[C@@H]2CC[C@H]2CN2CCCCc3cc(Cl)ccc3COc3ccc(cc32)C(=O)NS1(=O)=O. The minimum absolute atomic E-state index is 0.141. The van der Waals surface area contributed by atoms with Gasteiger partial charge in [0.1, 0.15) is 12.4 Å². The van der Waals surface area contributed by atoms with Gasteiger partial charge in [-0.1, -0.05) is 31.0 Å². The Labute approximate surface area is 285 Å². The lowest BCUT2D eigenvalue weighted by molar-refractivity contribution is -0.106. The first-order valence-corrected chi connectivity index (χ1v) is 19.5. The summed E-state index contributed by atoms with van der Waals surface area (Å²) < 4.78 is 35.7. The monoisotopic (exact) mass is 686 g/mol. The van der Waals surface area contributed by atoms with Gasteiger partial charge in [0.25, 0.3) is 5.91 Å². The number of benzene rings is 2. The molecule has 9 nitrogen and oxygen atoms in total. The number of aliphatic hydroxyl groups is 1. The molecule has 3 aliphatic heterocycles. The Kier molecular flexibility index (Phi) is 10.7. The van der Waals surface area contributed by atoms with E-state index < -0.39 is 26.8 Å². The molecule has 1 aliphatic carbocycles. The van der Waals surface area contributed by atoms with Gasteiger partial charge in [0.2, 0.25) is 10.0 Å². The number of sulfonamides is 1. The molecular formula is C36H51ClN4O5S. The molecule has 0 radical (unpaired) electrons. The van der Waals surface area contributed by atoms with Crippen LogP contribution in [-0.4, -0.2) is 81.0 Å². The highest BCUT2D eigenvalue weighted by Gasteiger charge is 2.47. The highest BCUT2D eigenvalue weighted by Crippen LogP contribution is 2.46. The Morgan fingerprint density at radius 2 is 1.81 bits per heavy atom. The molecular weight excluding hydrogens is 636 g/mol. The highest BCUT2D eigenvalue weighted by molar-refractivity contribution is 7.90. The molecule has 2 aromatic carbocycles. The summed E-state index contributed by atoms with van der Waals surface area (Å²) in [6.07, 6.45) is 6.82. The second-order valence-electron chi connectivity index (χ2n) is 14.4. The fourth-order valence-electron chi connectivity index (χ4n) is 8.05. The molecule has 4 aliphatic rings. The van der Waals surface area contributed by atoms with Crippen molar-refractivity contribution < 1.29 is 23.1 Å². The maximum Gasteiger partial charge on any atom is 0.264 e. The van der Waals surface area contributed by atoms with E-state index in [0.717, 1.165) is 89.0 Å². The van der Waals surface area contributed by atoms with Crippen LogP contribution in [0.4, 0.5) is 5.69 Å². The van der Waals surface area contributed by atoms with Gasteiger partial charge in [0.15, 0.2) is 0 Å². The topological polar surface area (TPSA) is 111 Å². The summed E-state index contributed by atoms with van der Waals surface area (Å²) in [5, 5.41) is 15.9. The minimum Gasteiger partial charge on any atom is -0.487 e. The molecule has 3 N–H and O–H groups in total. The molecule has 2 aromatic rings. The number of ether oxygens (including phenoxy) is 1. The van der Waals surface area contributed by atoms with Gasteiger partial charge < -0.3 is 20.1 Å². The summed E-state index contributed by atoms with van der Waals surface area (Å²) in [5.74, 6) is 0.284. The van der Waals surface area contributed by atoms with E-state index in [4.69, 9.17) is 16.3 Å². The fraction of sp³-hybridized carbons (Fsp3) is 0.639. The molecule has 5 atom stereocenters. The summed E-state index contributed by atoms with van der Waals surface area (Å²) in [5.41, 5.74) is 2.48. The number of hydrogen-bond acceptors (Lipinski definition) is 8. The van der Waals surface area contributed by atoms with Crippen LogP contribution in [0.1, 0.15) is 80.3 Å². The van der Waals surface area contributed by atoms with Crippen LogP contribution in [0.2, 0.25) is 5.02 Å². The third-order valence-corrected chi connectivity index (χ3v) is 13.5. The Bertz CT molecular complexity index is 1530. The van der Waals surface area contributed by atoms with Crippen LogP contribution in [0.3, 0.4) is 0 Å². The number of piperazine rings is 1. The number of hydrogen-bond donors (Lipinski definition) is 3. The van der Waals surface area contributed by atoms with Crippen molar-refractivity contribution in [3.8, 4) is 5.75 Å². The van der Waals surface area contributed by atoms with E-state index in [9.17, 15) is 18.3 Å². The van der Waals surface area contributed by atoms with Crippen LogP contribution in [0, 0.1) is 17.8 Å². The molecule has 0 aromatic heterocycles. The molecule has 11 heteroatoms. The molecule has 258 valence electrons. The van der Waals surface area contributed by atoms with Gasteiger partial charge in [-0.2, -0.15) is 0 Å². The number of rotatable bonds is 2. The Morgan fingerprint density at radius 1 is 1.00 bits per heavy atom. The van der Waals surface area contributed by atoms with Gasteiger partial charge in [-0.25, -0.2) is 13.1 Å². The summed E-state index contributed by atoms with van der Waals surface area (Å²) in [7, 11) is -3.93. The number of anilines is 1. The van der Waals surface area contributed by atoms with Crippen LogP contribution in [0.15, 0.2) is 36.4 Å². The van der Waals surface area contributed by atoms with Crippen molar-refractivity contribution in [2.75, 3.05) is 50.7 Å². The van der Waals surface area contributed by atoms with Gasteiger partial charge in [0.05, 0.1) is 16.5 Å². The lowest BCUT2D eigenvalue weighted by Gasteiger charge is -2.51.